The molecule has 0 aliphatic rings. The van der Waals surface area contributed by atoms with Crippen LogP contribution in [0.1, 0.15) is 12.5 Å². The van der Waals surface area contributed by atoms with E-state index in [1.54, 1.807) is 6.07 Å². The van der Waals surface area contributed by atoms with Gasteiger partial charge < -0.3 is 9.47 Å². The molecule has 1 aromatic carbocycles. The van der Waals surface area contributed by atoms with Crippen molar-refractivity contribution in [1.82, 2.24) is 0 Å². The highest BCUT2D eigenvalue weighted by molar-refractivity contribution is 5.74. The first kappa shape index (κ1) is 12.0. The lowest BCUT2D eigenvalue weighted by Gasteiger charge is -2.13. The molecule has 0 aliphatic carbocycles. The fourth-order valence-corrected chi connectivity index (χ4v) is 1.12. The van der Waals surface area contributed by atoms with E-state index >= 15 is 0 Å². The highest BCUT2D eigenvalue weighted by atomic mass is 19.1. The Labute approximate surface area is 92.2 Å². The van der Waals surface area contributed by atoms with Gasteiger partial charge in [0.2, 0.25) is 0 Å². The zero-order valence-electron chi connectivity index (χ0n) is 8.86. The molecule has 1 rings (SSSR count). The van der Waals surface area contributed by atoms with Gasteiger partial charge in [0, 0.05) is 0 Å². The summed E-state index contributed by atoms with van der Waals surface area (Å²) < 4.78 is 22.7. The third-order valence-electron chi connectivity index (χ3n) is 1.92. The van der Waals surface area contributed by atoms with Crippen molar-refractivity contribution in [2.24, 2.45) is 0 Å². The number of methoxy groups -OCH3 is 1. The molecule has 4 nitrogen and oxygen atoms in total. The van der Waals surface area contributed by atoms with Gasteiger partial charge in [0.15, 0.2) is 6.10 Å². The molecular weight excluding hydrogens is 213 g/mol. The summed E-state index contributed by atoms with van der Waals surface area (Å²) in [5.74, 6) is -1.24. The van der Waals surface area contributed by atoms with E-state index in [-0.39, 0.29) is 11.3 Å². The monoisotopic (exact) mass is 223 g/mol. The molecule has 84 valence electrons. The van der Waals surface area contributed by atoms with E-state index in [1.807, 2.05) is 0 Å². The first-order valence-electron chi connectivity index (χ1n) is 4.53. The molecule has 0 fully saturated rings. The lowest BCUT2D eigenvalue weighted by molar-refractivity contribution is -0.147. The average Bonchev–Trinajstić information content (AvgIpc) is 2.28. The van der Waals surface area contributed by atoms with Crippen molar-refractivity contribution in [1.29, 1.82) is 5.26 Å². The summed E-state index contributed by atoms with van der Waals surface area (Å²) >= 11 is 0. The first-order chi connectivity index (χ1) is 7.60. The third kappa shape index (κ3) is 2.48. The molecule has 0 saturated heterocycles. The fourth-order valence-electron chi connectivity index (χ4n) is 1.12. The molecule has 0 amide bonds. The Morgan fingerprint density at radius 3 is 2.81 bits per heavy atom. The maximum absolute atomic E-state index is 13.2. The van der Waals surface area contributed by atoms with Crippen molar-refractivity contribution in [2.45, 2.75) is 13.0 Å². The van der Waals surface area contributed by atoms with Gasteiger partial charge in [-0.15, -0.1) is 0 Å². The Morgan fingerprint density at radius 1 is 1.56 bits per heavy atom. The van der Waals surface area contributed by atoms with E-state index in [2.05, 4.69) is 4.74 Å². The number of hydrogen-bond acceptors (Lipinski definition) is 4. The van der Waals surface area contributed by atoms with Crippen LogP contribution in [-0.4, -0.2) is 19.2 Å². The first-order valence-corrected chi connectivity index (χ1v) is 4.53. The van der Waals surface area contributed by atoms with Crippen LogP contribution >= 0.6 is 0 Å². The van der Waals surface area contributed by atoms with Crippen LogP contribution in [0.4, 0.5) is 4.39 Å². The minimum atomic E-state index is -0.890. The molecule has 0 aromatic heterocycles. The second-order valence-electron chi connectivity index (χ2n) is 3.01. The van der Waals surface area contributed by atoms with Crippen molar-refractivity contribution >= 4 is 5.97 Å². The maximum Gasteiger partial charge on any atom is 0.346 e. The largest absolute Gasteiger partial charge is 0.478 e. The normalized spacial score (nSPS) is 11.4. The number of benzene rings is 1. The van der Waals surface area contributed by atoms with Crippen molar-refractivity contribution in [2.75, 3.05) is 7.11 Å². The highest BCUT2D eigenvalue weighted by Gasteiger charge is 2.18. The molecule has 0 N–H and O–H groups in total. The predicted octanol–water partition coefficient (Wildman–Crippen LogP) is 1.64. The fraction of sp³-hybridized carbons (Fsp3) is 0.273. The summed E-state index contributed by atoms with van der Waals surface area (Å²) in [6, 6.07) is 5.64. The predicted molar refractivity (Wildman–Crippen MR) is 53.2 cm³/mol. The molecule has 0 aliphatic heterocycles. The molecule has 0 heterocycles. The van der Waals surface area contributed by atoms with E-state index < -0.39 is 17.9 Å². The minimum Gasteiger partial charge on any atom is -0.478 e. The van der Waals surface area contributed by atoms with Crippen LogP contribution < -0.4 is 4.74 Å². The Hall–Kier alpha value is -2.09. The summed E-state index contributed by atoms with van der Waals surface area (Å²) in [5, 5.41) is 8.72. The molecule has 0 saturated carbocycles. The van der Waals surface area contributed by atoms with E-state index in [9.17, 15) is 9.18 Å². The lowest BCUT2D eigenvalue weighted by atomic mass is 10.2. The SMILES string of the molecule is COC(=O)[C@H](C)Oc1cccc(F)c1C#N. The summed E-state index contributed by atoms with van der Waals surface area (Å²) in [5.41, 5.74) is -0.224. The number of halogens is 1. The van der Waals surface area contributed by atoms with Gasteiger partial charge >= 0.3 is 5.97 Å². The number of esters is 1. The van der Waals surface area contributed by atoms with Crippen molar-refractivity contribution in [3.8, 4) is 11.8 Å². The third-order valence-corrected chi connectivity index (χ3v) is 1.92. The zero-order chi connectivity index (χ0) is 12.1. The van der Waals surface area contributed by atoms with Gasteiger partial charge in [0.25, 0.3) is 0 Å². The maximum atomic E-state index is 13.2. The summed E-state index contributed by atoms with van der Waals surface area (Å²) in [7, 11) is 1.22. The Morgan fingerprint density at radius 2 is 2.25 bits per heavy atom. The van der Waals surface area contributed by atoms with E-state index in [0.717, 1.165) is 6.07 Å². The summed E-state index contributed by atoms with van der Waals surface area (Å²) in [6.45, 7) is 1.46. The van der Waals surface area contributed by atoms with Crippen molar-refractivity contribution in [3.63, 3.8) is 0 Å². The van der Waals surface area contributed by atoms with Crippen LogP contribution in [0.3, 0.4) is 0 Å². The average molecular weight is 223 g/mol. The number of nitrogens with zero attached hydrogens (tertiary/aromatic N) is 1. The highest BCUT2D eigenvalue weighted by Crippen LogP contribution is 2.21. The quantitative estimate of drug-likeness (QED) is 0.731. The molecule has 0 radical (unpaired) electrons. The van der Waals surface area contributed by atoms with Crippen LogP contribution in [0, 0.1) is 17.1 Å². The van der Waals surface area contributed by atoms with Crippen molar-refractivity contribution in [3.05, 3.63) is 29.6 Å². The van der Waals surface area contributed by atoms with Crippen LogP contribution in [-0.2, 0) is 9.53 Å². The second kappa shape index (κ2) is 5.12. The Balaban J connectivity index is 2.94. The Kier molecular flexibility index (Phi) is 3.84. The lowest BCUT2D eigenvalue weighted by Crippen LogP contribution is -2.25. The molecule has 0 spiro atoms. The number of hydrogen-bond donors (Lipinski definition) is 0. The number of nitriles is 1. The van der Waals surface area contributed by atoms with Gasteiger partial charge in [0.05, 0.1) is 7.11 Å². The second-order valence-corrected chi connectivity index (χ2v) is 3.01. The van der Waals surface area contributed by atoms with Crippen LogP contribution in [0.15, 0.2) is 18.2 Å². The number of carbonyl (C=O) groups is 1. The van der Waals surface area contributed by atoms with Crippen molar-refractivity contribution < 1.29 is 18.7 Å². The molecular formula is C11H10FNO3. The van der Waals surface area contributed by atoms with Crippen LogP contribution in [0.5, 0.6) is 5.75 Å². The number of rotatable bonds is 3. The molecule has 16 heavy (non-hydrogen) atoms. The van der Waals surface area contributed by atoms with Gasteiger partial charge in [-0.3, -0.25) is 0 Å². The summed E-state index contributed by atoms with van der Waals surface area (Å²) in [4.78, 5) is 11.1. The molecule has 1 atom stereocenters. The van der Waals surface area contributed by atoms with Gasteiger partial charge in [0.1, 0.15) is 23.2 Å². The zero-order valence-corrected chi connectivity index (χ0v) is 8.86. The van der Waals surface area contributed by atoms with Gasteiger partial charge in [-0.1, -0.05) is 6.07 Å². The molecule has 0 unspecified atom stereocenters. The molecule has 0 bridgehead atoms. The van der Waals surface area contributed by atoms with E-state index in [0.29, 0.717) is 0 Å². The van der Waals surface area contributed by atoms with Crippen LogP contribution in [0.2, 0.25) is 0 Å². The minimum absolute atomic E-state index is 0.0281. The van der Waals surface area contributed by atoms with Gasteiger partial charge in [-0.25, -0.2) is 9.18 Å². The van der Waals surface area contributed by atoms with E-state index in [1.165, 1.54) is 26.2 Å². The van der Waals surface area contributed by atoms with Crippen LogP contribution in [0.25, 0.3) is 0 Å². The van der Waals surface area contributed by atoms with E-state index in [4.69, 9.17) is 10.00 Å². The standard InChI is InChI=1S/C11H10FNO3/c1-7(11(14)15-2)16-10-5-3-4-9(12)8(10)6-13/h3-5,7H,1-2H3/t7-/m0/s1. The molecule has 5 heteroatoms. The number of carbonyl (C=O) groups excluding carboxylic acids is 1. The Bertz CT molecular complexity index is 439. The number of ether oxygens (including phenoxy) is 2. The van der Waals surface area contributed by atoms with Gasteiger partial charge in [-0.2, -0.15) is 5.26 Å². The summed E-state index contributed by atoms with van der Waals surface area (Å²) in [6.07, 6.45) is -0.890. The topological polar surface area (TPSA) is 59.3 Å². The molecule has 1 aromatic rings. The van der Waals surface area contributed by atoms with Gasteiger partial charge in [-0.05, 0) is 19.1 Å². The smallest absolute Gasteiger partial charge is 0.346 e.